The van der Waals surface area contributed by atoms with Gasteiger partial charge in [-0.25, -0.2) is 4.79 Å². The van der Waals surface area contributed by atoms with Crippen LogP contribution in [0.1, 0.15) is 23.7 Å². The SMILES string of the molecule is CCc1c(Oc2cccc(C(F)(F)F)c2)nn(C(N)=O)c1C. The Morgan fingerprint density at radius 3 is 2.64 bits per heavy atom. The Morgan fingerprint density at radius 2 is 2.09 bits per heavy atom. The van der Waals surface area contributed by atoms with Crippen molar-refractivity contribution in [1.82, 2.24) is 9.78 Å². The lowest BCUT2D eigenvalue weighted by atomic mass is 10.2. The second-order valence-corrected chi connectivity index (χ2v) is 4.60. The molecule has 118 valence electrons. The zero-order chi connectivity index (χ0) is 16.5. The third-order valence-corrected chi connectivity index (χ3v) is 3.14. The molecule has 2 N–H and O–H groups in total. The summed E-state index contributed by atoms with van der Waals surface area (Å²) >= 11 is 0. The van der Waals surface area contributed by atoms with E-state index in [1.165, 1.54) is 12.1 Å². The Balaban J connectivity index is 2.39. The molecular weight excluding hydrogens is 299 g/mol. The molecule has 5 nitrogen and oxygen atoms in total. The number of primary amides is 1. The molecule has 2 aromatic rings. The van der Waals surface area contributed by atoms with Gasteiger partial charge >= 0.3 is 12.2 Å². The summed E-state index contributed by atoms with van der Waals surface area (Å²) in [5.74, 6) is 0.0526. The molecule has 1 aromatic heterocycles. The number of halogens is 3. The summed E-state index contributed by atoms with van der Waals surface area (Å²) in [7, 11) is 0. The van der Waals surface area contributed by atoms with E-state index in [0.29, 0.717) is 17.7 Å². The minimum Gasteiger partial charge on any atom is -0.437 e. The number of carbonyl (C=O) groups excluding carboxylic acids is 1. The number of nitrogens with two attached hydrogens (primary N) is 1. The first-order chi connectivity index (χ1) is 10.2. The van der Waals surface area contributed by atoms with Gasteiger partial charge in [-0.05, 0) is 31.5 Å². The van der Waals surface area contributed by atoms with Crippen molar-refractivity contribution < 1.29 is 22.7 Å². The average molecular weight is 313 g/mol. The van der Waals surface area contributed by atoms with E-state index in [9.17, 15) is 18.0 Å². The van der Waals surface area contributed by atoms with E-state index in [1.807, 2.05) is 6.92 Å². The van der Waals surface area contributed by atoms with Crippen LogP contribution >= 0.6 is 0 Å². The van der Waals surface area contributed by atoms with Gasteiger partial charge < -0.3 is 10.5 Å². The largest absolute Gasteiger partial charge is 0.437 e. The quantitative estimate of drug-likeness (QED) is 0.943. The maximum Gasteiger partial charge on any atom is 0.416 e. The molecule has 0 saturated carbocycles. The molecule has 0 aliphatic heterocycles. The van der Waals surface area contributed by atoms with Gasteiger partial charge in [-0.3, -0.25) is 0 Å². The van der Waals surface area contributed by atoms with Gasteiger partial charge in [0.15, 0.2) is 0 Å². The van der Waals surface area contributed by atoms with Crippen LogP contribution in [0.25, 0.3) is 0 Å². The second-order valence-electron chi connectivity index (χ2n) is 4.60. The molecule has 8 heteroatoms. The van der Waals surface area contributed by atoms with E-state index in [-0.39, 0.29) is 11.6 Å². The third kappa shape index (κ3) is 3.05. The van der Waals surface area contributed by atoms with Crippen LogP contribution in [0.15, 0.2) is 24.3 Å². The molecule has 1 amide bonds. The van der Waals surface area contributed by atoms with E-state index in [2.05, 4.69) is 5.10 Å². The molecule has 22 heavy (non-hydrogen) atoms. The highest BCUT2D eigenvalue weighted by molar-refractivity contribution is 5.75. The van der Waals surface area contributed by atoms with Crippen molar-refractivity contribution in [2.75, 3.05) is 0 Å². The van der Waals surface area contributed by atoms with Crippen molar-refractivity contribution in [1.29, 1.82) is 0 Å². The Hall–Kier alpha value is -2.51. The second kappa shape index (κ2) is 5.70. The number of carbonyl (C=O) groups is 1. The fourth-order valence-corrected chi connectivity index (χ4v) is 2.06. The molecule has 0 aliphatic rings. The fourth-order valence-electron chi connectivity index (χ4n) is 2.06. The zero-order valence-electron chi connectivity index (χ0n) is 11.9. The van der Waals surface area contributed by atoms with E-state index < -0.39 is 17.8 Å². The van der Waals surface area contributed by atoms with Crippen molar-refractivity contribution >= 4 is 6.03 Å². The van der Waals surface area contributed by atoms with Crippen LogP contribution in [-0.4, -0.2) is 15.8 Å². The lowest BCUT2D eigenvalue weighted by Gasteiger charge is -2.09. The van der Waals surface area contributed by atoms with Crippen molar-refractivity contribution in [2.45, 2.75) is 26.4 Å². The molecular formula is C14H14F3N3O2. The minimum atomic E-state index is -4.46. The van der Waals surface area contributed by atoms with Crippen LogP contribution in [0.3, 0.4) is 0 Å². The van der Waals surface area contributed by atoms with Gasteiger partial charge in [0.1, 0.15) is 5.75 Å². The van der Waals surface area contributed by atoms with Crippen LogP contribution in [0.5, 0.6) is 11.6 Å². The number of alkyl halides is 3. The number of hydrogen-bond donors (Lipinski definition) is 1. The maximum atomic E-state index is 12.7. The third-order valence-electron chi connectivity index (χ3n) is 3.14. The van der Waals surface area contributed by atoms with E-state index in [4.69, 9.17) is 10.5 Å². The minimum absolute atomic E-state index is 0.0151. The summed E-state index contributed by atoms with van der Waals surface area (Å²) in [4.78, 5) is 11.3. The summed E-state index contributed by atoms with van der Waals surface area (Å²) < 4.78 is 44.4. The van der Waals surface area contributed by atoms with E-state index >= 15 is 0 Å². The molecule has 0 unspecified atom stereocenters. The zero-order valence-corrected chi connectivity index (χ0v) is 11.9. The highest BCUT2D eigenvalue weighted by Gasteiger charge is 2.30. The molecule has 2 rings (SSSR count). The Kier molecular flexibility index (Phi) is 4.11. The Labute approximate surface area is 124 Å². The van der Waals surface area contributed by atoms with Gasteiger partial charge in [0, 0.05) is 5.56 Å². The van der Waals surface area contributed by atoms with E-state index in [1.54, 1.807) is 6.92 Å². The van der Waals surface area contributed by atoms with Gasteiger partial charge in [0.25, 0.3) is 0 Å². The predicted octanol–water partition coefficient (Wildman–Crippen LogP) is 3.49. The Bertz CT molecular complexity index is 708. The van der Waals surface area contributed by atoms with Crippen LogP contribution < -0.4 is 10.5 Å². The summed E-state index contributed by atoms with van der Waals surface area (Å²) in [6.45, 7) is 3.45. The normalized spacial score (nSPS) is 11.5. The van der Waals surface area contributed by atoms with Crippen LogP contribution in [0.2, 0.25) is 0 Å². The summed E-state index contributed by atoms with van der Waals surface area (Å²) in [5, 5.41) is 3.91. The number of amides is 1. The topological polar surface area (TPSA) is 70.1 Å². The first-order valence-electron chi connectivity index (χ1n) is 6.47. The molecule has 0 atom stereocenters. The number of aromatic nitrogens is 2. The van der Waals surface area contributed by atoms with Crippen LogP contribution in [0.4, 0.5) is 18.0 Å². The number of rotatable bonds is 3. The standard InChI is InChI=1S/C14H14F3N3O2/c1-3-11-8(2)20(13(18)21)19-12(11)22-10-6-4-5-9(7-10)14(15,16)17/h4-7H,3H2,1-2H3,(H2,18,21). The van der Waals surface area contributed by atoms with Crippen molar-refractivity contribution in [3.63, 3.8) is 0 Å². The summed E-state index contributed by atoms with van der Waals surface area (Å²) in [6, 6.07) is 3.65. The molecule has 1 aromatic carbocycles. The maximum absolute atomic E-state index is 12.7. The molecule has 0 saturated heterocycles. The summed E-state index contributed by atoms with van der Waals surface area (Å²) in [6.07, 6.45) is -3.97. The smallest absolute Gasteiger partial charge is 0.416 e. The average Bonchev–Trinajstić information content (AvgIpc) is 2.74. The van der Waals surface area contributed by atoms with Crippen LogP contribution in [-0.2, 0) is 12.6 Å². The Morgan fingerprint density at radius 1 is 1.41 bits per heavy atom. The molecule has 1 heterocycles. The molecule has 0 aliphatic carbocycles. The van der Waals surface area contributed by atoms with Crippen molar-refractivity contribution in [3.8, 4) is 11.6 Å². The first-order valence-corrected chi connectivity index (χ1v) is 6.47. The lowest BCUT2D eigenvalue weighted by molar-refractivity contribution is -0.137. The highest BCUT2D eigenvalue weighted by Crippen LogP contribution is 2.33. The van der Waals surface area contributed by atoms with Gasteiger partial charge in [0.2, 0.25) is 5.88 Å². The van der Waals surface area contributed by atoms with Gasteiger partial charge in [-0.15, -0.1) is 5.10 Å². The van der Waals surface area contributed by atoms with Crippen LogP contribution in [0, 0.1) is 6.92 Å². The first kappa shape index (κ1) is 15.9. The monoisotopic (exact) mass is 313 g/mol. The fraction of sp³-hybridized carbons (Fsp3) is 0.286. The molecule has 0 fully saturated rings. The predicted molar refractivity (Wildman–Crippen MR) is 72.8 cm³/mol. The molecule has 0 bridgehead atoms. The number of hydrogen-bond acceptors (Lipinski definition) is 3. The lowest BCUT2D eigenvalue weighted by Crippen LogP contribution is -2.22. The van der Waals surface area contributed by atoms with Crippen molar-refractivity contribution in [2.24, 2.45) is 5.73 Å². The van der Waals surface area contributed by atoms with Crippen molar-refractivity contribution in [3.05, 3.63) is 41.1 Å². The van der Waals surface area contributed by atoms with E-state index in [0.717, 1.165) is 16.8 Å². The number of nitrogens with zero attached hydrogens (tertiary/aromatic N) is 2. The summed E-state index contributed by atoms with van der Waals surface area (Å²) in [5.41, 5.74) is 5.46. The number of ether oxygens (including phenoxy) is 1. The molecule has 0 spiro atoms. The van der Waals surface area contributed by atoms with Gasteiger partial charge in [-0.1, -0.05) is 13.0 Å². The molecule has 0 radical (unpaired) electrons. The highest BCUT2D eigenvalue weighted by atomic mass is 19.4. The van der Waals surface area contributed by atoms with Gasteiger partial charge in [-0.2, -0.15) is 17.9 Å². The number of benzene rings is 1. The van der Waals surface area contributed by atoms with Gasteiger partial charge in [0.05, 0.1) is 11.3 Å².